The average molecular weight is 352 g/mol. The number of hydrogen-bond donors (Lipinski definition) is 2. The minimum atomic E-state index is -0.849. The number of nitrogens with one attached hydrogen (secondary N) is 1. The van der Waals surface area contributed by atoms with Gasteiger partial charge in [-0.05, 0) is 36.2 Å². The van der Waals surface area contributed by atoms with E-state index in [1.165, 1.54) is 6.07 Å². The number of aliphatic carboxylic acids is 1. The van der Waals surface area contributed by atoms with Gasteiger partial charge in [0.05, 0.1) is 11.6 Å². The van der Waals surface area contributed by atoms with Gasteiger partial charge in [-0.2, -0.15) is 0 Å². The van der Waals surface area contributed by atoms with Crippen LogP contribution >= 0.6 is 15.9 Å². The molecule has 1 atom stereocenters. The van der Waals surface area contributed by atoms with Crippen LogP contribution in [-0.2, 0) is 11.3 Å². The zero-order valence-electron chi connectivity index (χ0n) is 11.4. The zero-order chi connectivity index (χ0) is 15.4. The van der Waals surface area contributed by atoms with Gasteiger partial charge in [0.2, 0.25) is 0 Å². The highest BCUT2D eigenvalue weighted by atomic mass is 79.9. The van der Waals surface area contributed by atoms with Crippen molar-refractivity contribution in [2.24, 2.45) is 0 Å². The van der Waals surface area contributed by atoms with E-state index in [4.69, 9.17) is 5.11 Å². The Bertz CT molecular complexity index is 643. The fourth-order valence-corrected chi connectivity index (χ4v) is 2.23. The minimum Gasteiger partial charge on any atom is -0.481 e. The van der Waals surface area contributed by atoms with Crippen LogP contribution in [0.5, 0.6) is 0 Å². The summed E-state index contributed by atoms with van der Waals surface area (Å²) in [5.74, 6) is -1.70. The number of anilines is 1. The van der Waals surface area contributed by atoms with Crippen molar-refractivity contribution >= 4 is 27.6 Å². The molecule has 0 aliphatic rings. The van der Waals surface area contributed by atoms with Crippen LogP contribution in [0.15, 0.2) is 46.9 Å². The Kier molecular flexibility index (Phi) is 4.96. The third-order valence-electron chi connectivity index (χ3n) is 3.26. The molecule has 0 spiro atoms. The molecule has 0 aromatic heterocycles. The Hall–Kier alpha value is -1.88. The molecule has 2 rings (SSSR count). The van der Waals surface area contributed by atoms with E-state index in [2.05, 4.69) is 21.2 Å². The summed E-state index contributed by atoms with van der Waals surface area (Å²) in [4.78, 5) is 10.9. The van der Waals surface area contributed by atoms with Crippen molar-refractivity contribution < 1.29 is 14.3 Å². The van der Waals surface area contributed by atoms with Gasteiger partial charge in [-0.3, -0.25) is 4.79 Å². The Morgan fingerprint density at radius 3 is 2.52 bits per heavy atom. The molecule has 2 aromatic carbocycles. The molecule has 110 valence electrons. The molecule has 2 N–H and O–H groups in total. The third kappa shape index (κ3) is 4.04. The molecule has 0 radical (unpaired) electrons. The van der Waals surface area contributed by atoms with Crippen molar-refractivity contribution in [3.8, 4) is 0 Å². The van der Waals surface area contributed by atoms with Crippen LogP contribution in [0.3, 0.4) is 0 Å². The Labute approximate surface area is 130 Å². The smallest absolute Gasteiger partial charge is 0.310 e. The van der Waals surface area contributed by atoms with Gasteiger partial charge in [-0.15, -0.1) is 0 Å². The molecular formula is C16H15BrFNO2. The number of benzene rings is 2. The number of carboxylic acids is 1. The quantitative estimate of drug-likeness (QED) is 0.839. The first kappa shape index (κ1) is 15.5. The molecule has 0 saturated carbocycles. The van der Waals surface area contributed by atoms with Crippen LogP contribution in [0.1, 0.15) is 24.0 Å². The van der Waals surface area contributed by atoms with Gasteiger partial charge in [0.15, 0.2) is 0 Å². The SMILES string of the molecule is CC(C(=O)O)c1ccc(CNc2ccc(Br)cc2F)cc1. The molecule has 1 unspecified atom stereocenters. The highest BCUT2D eigenvalue weighted by Gasteiger charge is 2.12. The van der Waals surface area contributed by atoms with Crippen molar-refractivity contribution in [3.63, 3.8) is 0 Å². The number of rotatable bonds is 5. The molecule has 5 heteroatoms. The van der Waals surface area contributed by atoms with E-state index in [1.807, 2.05) is 12.1 Å². The second-order valence-corrected chi connectivity index (χ2v) is 5.69. The summed E-state index contributed by atoms with van der Waals surface area (Å²) in [5, 5.41) is 12.0. The van der Waals surface area contributed by atoms with Crippen molar-refractivity contribution in [1.29, 1.82) is 0 Å². The highest BCUT2D eigenvalue weighted by Crippen LogP contribution is 2.21. The Morgan fingerprint density at radius 1 is 1.29 bits per heavy atom. The standard InChI is InChI=1S/C16H15BrFNO2/c1-10(16(20)21)12-4-2-11(3-5-12)9-19-15-7-6-13(17)8-14(15)18/h2-8,10,19H,9H2,1H3,(H,20,21). The van der Waals surface area contributed by atoms with Crippen molar-refractivity contribution in [2.75, 3.05) is 5.32 Å². The fourth-order valence-electron chi connectivity index (χ4n) is 1.90. The third-order valence-corrected chi connectivity index (χ3v) is 3.76. The first-order valence-corrected chi connectivity index (χ1v) is 7.27. The van der Waals surface area contributed by atoms with E-state index in [0.29, 0.717) is 16.7 Å². The zero-order valence-corrected chi connectivity index (χ0v) is 13.0. The van der Waals surface area contributed by atoms with Crippen LogP contribution < -0.4 is 5.32 Å². The number of carboxylic acid groups (broad SMARTS) is 1. The highest BCUT2D eigenvalue weighted by molar-refractivity contribution is 9.10. The lowest BCUT2D eigenvalue weighted by Gasteiger charge is -2.10. The fraction of sp³-hybridized carbons (Fsp3) is 0.188. The normalized spacial score (nSPS) is 12.0. The number of hydrogen-bond acceptors (Lipinski definition) is 2. The van der Waals surface area contributed by atoms with E-state index in [-0.39, 0.29) is 5.82 Å². The lowest BCUT2D eigenvalue weighted by atomic mass is 10.00. The van der Waals surface area contributed by atoms with Crippen LogP contribution in [0.25, 0.3) is 0 Å². The lowest BCUT2D eigenvalue weighted by Crippen LogP contribution is -2.07. The number of carbonyl (C=O) groups is 1. The molecule has 0 bridgehead atoms. The van der Waals surface area contributed by atoms with Gasteiger partial charge in [0, 0.05) is 11.0 Å². The first-order valence-electron chi connectivity index (χ1n) is 6.48. The Balaban J connectivity index is 2.02. The van der Waals surface area contributed by atoms with Gasteiger partial charge in [-0.25, -0.2) is 4.39 Å². The summed E-state index contributed by atoms with van der Waals surface area (Å²) >= 11 is 3.21. The maximum Gasteiger partial charge on any atom is 0.310 e. The second kappa shape index (κ2) is 6.72. The van der Waals surface area contributed by atoms with Crippen LogP contribution in [0.4, 0.5) is 10.1 Å². The molecule has 0 fully saturated rings. The molecule has 21 heavy (non-hydrogen) atoms. The largest absolute Gasteiger partial charge is 0.481 e. The molecule has 3 nitrogen and oxygen atoms in total. The summed E-state index contributed by atoms with van der Waals surface area (Å²) < 4.78 is 14.3. The Morgan fingerprint density at radius 2 is 1.95 bits per heavy atom. The summed E-state index contributed by atoms with van der Waals surface area (Å²) in [6.45, 7) is 2.12. The van der Waals surface area contributed by atoms with Gasteiger partial charge in [0.25, 0.3) is 0 Å². The monoisotopic (exact) mass is 351 g/mol. The van der Waals surface area contributed by atoms with Crippen LogP contribution in [-0.4, -0.2) is 11.1 Å². The van der Waals surface area contributed by atoms with E-state index in [9.17, 15) is 9.18 Å². The minimum absolute atomic E-state index is 0.319. The summed E-state index contributed by atoms with van der Waals surface area (Å²) in [5.41, 5.74) is 2.14. The summed E-state index contributed by atoms with van der Waals surface area (Å²) in [7, 11) is 0. The predicted octanol–water partition coefficient (Wildman–Crippen LogP) is 4.39. The molecule has 2 aromatic rings. The molecule has 0 aliphatic heterocycles. The van der Waals surface area contributed by atoms with Crippen molar-refractivity contribution in [3.05, 3.63) is 63.9 Å². The van der Waals surface area contributed by atoms with Gasteiger partial charge >= 0.3 is 5.97 Å². The van der Waals surface area contributed by atoms with E-state index < -0.39 is 11.9 Å². The summed E-state index contributed by atoms with van der Waals surface area (Å²) in [6.07, 6.45) is 0. The number of halogens is 2. The average Bonchev–Trinajstić information content (AvgIpc) is 2.46. The van der Waals surface area contributed by atoms with Crippen molar-refractivity contribution in [2.45, 2.75) is 19.4 Å². The van der Waals surface area contributed by atoms with Gasteiger partial charge in [0.1, 0.15) is 5.82 Å². The van der Waals surface area contributed by atoms with Crippen LogP contribution in [0, 0.1) is 5.82 Å². The lowest BCUT2D eigenvalue weighted by molar-refractivity contribution is -0.138. The maximum atomic E-state index is 13.7. The molecule has 0 heterocycles. The summed E-state index contributed by atoms with van der Waals surface area (Å²) in [6, 6.07) is 12.1. The molecular weight excluding hydrogens is 337 g/mol. The van der Waals surface area contributed by atoms with Crippen molar-refractivity contribution in [1.82, 2.24) is 0 Å². The maximum absolute atomic E-state index is 13.7. The predicted molar refractivity (Wildman–Crippen MR) is 83.9 cm³/mol. The van der Waals surface area contributed by atoms with Crippen LogP contribution in [0.2, 0.25) is 0 Å². The van der Waals surface area contributed by atoms with E-state index >= 15 is 0 Å². The molecule has 0 amide bonds. The second-order valence-electron chi connectivity index (χ2n) is 4.78. The topological polar surface area (TPSA) is 49.3 Å². The van der Waals surface area contributed by atoms with E-state index in [1.54, 1.807) is 31.2 Å². The van der Waals surface area contributed by atoms with Gasteiger partial charge < -0.3 is 10.4 Å². The van der Waals surface area contributed by atoms with Gasteiger partial charge in [-0.1, -0.05) is 40.2 Å². The van der Waals surface area contributed by atoms with E-state index in [0.717, 1.165) is 11.1 Å². The molecule has 0 aliphatic carbocycles. The first-order chi connectivity index (χ1) is 9.97. The molecule has 0 saturated heterocycles.